The number of benzene rings is 1. The first-order chi connectivity index (χ1) is 16.1. The lowest BCUT2D eigenvalue weighted by atomic mass is 9.46. The van der Waals surface area contributed by atoms with Crippen molar-refractivity contribution in [1.29, 1.82) is 0 Å². The number of halogens is 1. The Bertz CT molecular complexity index is 988. The molecule has 0 radical (unpaired) electrons. The van der Waals surface area contributed by atoms with Crippen molar-refractivity contribution < 1.29 is 19.4 Å². The molecule has 3 saturated carbocycles. The van der Waals surface area contributed by atoms with Crippen LogP contribution in [0.5, 0.6) is 0 Å². The summed E-state index contributed by atoms with van der Waals surface area (Å²) in [6.45, 7) is 6.84. The number of fused-ring (bicyclic) bond motifs is 5. The standard InChI is InChI=1S/C29H39ClO4/c1-19(31)29(33-4)14-12-25-23-10-7-21-17-28(32,34-18-20-5-8-22(30)9-6-20)16-15-26(21,2)24(23)11-13-27(25,29)3/h5-9,23-25,32H,10-18H2,1-4H3. The van der Waals surface area contributed by atoms with Crippen molar-refractivity contribution in [2.75, 3.05) is 7.11 Å². The molecule has 186 valence electrons. The van der Waals surface area contributed by atoms with Crippen LogP contribution >= 0.6 is 11.6 Å². The van der Waals surface area contributed by atoms with Gasteiger partial charge in [-0.3, -0.25) is 4.79 Å². The number of hydrogen-bond acceptors (Lipinski definition) is 4. The summed E-state index contributed by atoms with van der Waals surface area (Å²) in [6.07, 6.45) is 9.66. The number of aliphatic hydroxyl groups is 1. The Morgan fingerprint density at radius 3 is 2.47 bits per heavy atom. The van der Waals surface area contributed by atoms with Gasteiger partial charge in [0.25, 0.3) is 0 Å². The van der Waals surface area contributed by atoms with Crippen molar-refractivity contribution in [3.63, 3.8) is 0 Å². The molecule has 0 aromatic heterocycles. The summed E-state index contributed by atoms with van der Waals surface area (Å²) >= 11 is 6.00. The third kappa shape index (κ3) is 3.55. The van der Waals surface area contributed by atoms with Crippen molar-refractivity contribution in [2.24, 2.45) is 28.6 Å². The summed E-state index contributed by atoms with van der Waals surface area (Å²) in [7, 11) is 1.73. The molecule has 7 atom stereocenters. The van der Waals surface area contributed by atoms with E-state index in [4.69, 9.17) is 21.1 Å². The van der Waals surface area contributed by atoms with Crippen LogP contribution in [0.25, 0.3) is 0 Å². The molecule has 0 saturated heterocycles. The molecule has 0 spiro atoms. The first-order valence-electron chi connectivity index (χ1n) is 12.9. The number of ketones is 1. The number of allylic oxidation sites excluding steroid dienone is 1. The number of Topliss-reactive ketones (excluding diaryl/α,β-unsaturated/α-hetero) is 1. The van der Waals surface area contributed by atoms with E-state index in [1.54, 1.807) is 14.0 Å². The number of methoxy groups -OCH3 is 1. The quantitative estimate of drug-likeness (QED) is 0.382. The molecule has 4 aliphatic carbocycles. The highest BCUT2D eigenvalue weighted by Crippen LogP contribution is 2.68. The average Bonchev–Trinajstić information content (AvgIpc) is 3.13. The molecule has 0 bridgehead atoms. The van der Waals surface area contributed by atoms with Crippen molar-refractivity contribution in [2.45, 2.75) is 90.1 Å². The topological polar surface area (TPSA) is 55.8 Å². The Balaban J connectivity index is 1.35. The second kappa shape index (κ2) is 8.44. The lowest BCUT2D eigenvalue weighted by molar-refractivity contribution is -0.232. The van der Waals surface area contributed by atoms with Crippen molar-refractivity contribution in [3.8, 4) is 0 Å². The van der Waals surface area contributed by atoms with E-state index in [0.717, 1.165) is 44.1 Å². The molecule has 1 aromatic carbocycles. The first kappa shape index (κ1) is 24.5. The van der Waals surface area contributed by atoms with E-state index in [1.807, 2.05) is 24.3 Å². The second-order valence-corrected chi connectivity index (χ2v) is 12.3. The van der Waals surface area contributed by atoms with Gasteiger partial charge in [0.15, 0.2) is 11.6 Å². The predicted octanol–water partition coefficient (Wildman–Crippen LogP) is 6.48. The van der Waals surface area contributed by atoms with Crippen LogP contribution in [-0.2, 0) is 20.9 Å². The molecular formula is C29H39ClO4. The molecule has 0 aliphatic heterocycles. The lowest BCUT2D eigenvalue weighted by Crippen LogP contribution is -2.58. The van der Waals surface area contributed by atoms with Gasteiger partial charge in [0.2, 0.25) is 0 Å². The summed E-state index contributed by atoms with van der Waals surface area (Å²) in [5, 5.41) is 12.0. The van der Waals surface area contributed by atoms with E-state index >= 15 is 0 Å². The highest BCUT2D eigenvalue weighted by atomic mass is 35.5. The van der Waals surface area contributed by atoms with Crippen LogP contribution in [0.1, 0.15) is 77.7 Å². The van der Waals surface area contributed by atoms with Gasteiger partial charge in [-0.05, 0) is 86.3 Å². The first-order valence-corrected chi connectivity index (χ1v) is 13.3. The van der Waals surface area contributed by atoms with E-state index in [2.05, 4.69) is 19.9 Å². The predicted molar refractivity (Wildman–Crippen MR) is 133 cm³/mol. The number of hydrogen-bond donors (Lipinski definition) is 1. The Morgan fingerprint density at radius 1 is 1.09 bits per heavy atom. The van der Waals surface area contributed by atoms with Gasteiger partial charge in [0.05, 0.1) is 6.61 Å². The molecule has 4 nitrogen and oxygen atoms in total. The molecular weight excluding hydrogens is 448 g/mol. The summed E-state index contributed by atoms with van der Waals surface area (Å²) in [6, 6.07) is 7.61. The maximum absolute atomic E-state index is 12.8. The zero-order chi connectivity index (χ0) is 24.4. The van der Waals surface area contributed by atoms with Gasteiger partial charge in [0, 0.05) is 30.4 Å². The lowest BCUT2D eigenvalue weighted by Gasteiger charge is -2.59. The summed E-state index contributed by atoms with van der Waals surface area (Å²) in [5.74, 6) is 0.744. The number of carbonyl (C=O) groups excluding carboxylic acids is 1. The molecule has 3 fully saturated rings. The fourth-order valence-corrected chi connectivity index (χ4v) is 8.72. The molecule has 0 amide bonds. The Hall–Kier alpha value is -1.20. The third-order valence-corrected chi connectivity index (χ3v) is 10.8. The van der Waals surface area contributed by atoms with Crippen LogP contribution in [-0.4, -0.2) is 29.4 Å². The molecule has 1 aromatic rings. The van der Waals surface area contributed by atoms with Crippen molar-refractivity contribution in [1.82, 2.24) is 0 Å². The van der Waals surface area contributed by atoms with E-state index < -0.39 is 11.4 Å². The molecule has 5 heteroatoms. The molecule has 4 aliphatic rings. The van der Waals surface area contributed by atoms with Gasteiger partial charge in [-0.25, -0.2) is 0 Å². The number of rotatable bonds is 5. The molecule has 1 N–H and O–H groups in total. The van der Waals surface area contributed by atoms with Gasteiger partial charge in [-0.1, -0.05) is 49.2 Å². The van der Waals surface area contributed by atoms with E-state index in [1.165, 1.54) is 5.57 Å². The monoisotopic (exact) mass is 486 g/mol. The maximum Gasteiger partial charge on any atom is 0.169 e. The van der Waals surface area contributed by atoms with Gasteiger partial charge in [-0.2, -0.15) is 0 Å². The highest BCUT2D eigenvalue weighted by Gasteiger charge is 2.66. The van der Waals surface area contributed by atoms with E-state index in [0.29, 0.717) is 42.2 Å². The largest absolute Gasteiger partial charge is 0.370 e. The zero-order valence-corrected chi connectivity index (χ0v) is 21.8. The van der Waals surface area contributed by atoms with Crippen molar-refractivity contribution in [3.05, 3.63) is 46.5 Å². The molecule has 34 heavy (non-hydrogen) atoms. The van der Waals surface area contributed by atoms with Gasteiger partial charge >= 0.3 is 0 Å². The van der Waals surface area contributed by atoms with Crippen molar-refractivity contribution >= 4 is 17.4 Å². The van der Waals surface area contributed by atoms with Gasteiger partial charge in [0.1, 0.15) is 5.60 Å². The minimum Gasteiger partial charge on any atom is -0.370 e. The van der Waals surface area contributed by atoms with Crippen LogP contribution in [0.2, 0.25) is 5.02 Å². The van der Waals surface area contributed by atoms with Gasteiger partial charge in [-0.15, -0.1) is 0 Å². The van der Waals surface area contributed by atoms with E-state index in [9.17, 15) is 9.90 Å². The van der Waals surface area contributed by atoms with Crippen LogP contribution in [0.3, 0.4) is 0 Å². The summed E-state index contributed by atoms with van der Waals surface area (Å²) in [4.78, 5) is 12.8. The smallest absolute Gasteiger partial charge is 0.169 e. The van der Waals surface area contributed by atoms with Crippen LogP contribution in [0.4, 0.5) is 0 Å². The number of carbonyl (C=O) groups is 1. The fraction of sp³-hybridized carbons (Fsp3) is 0.690. The normalized spacial score (nSPS) is 43.5. The fourth-order valence-electron chi connectivity index (χ4n) is 8.59. The summed E-state index contributed by atoms with van der Waals surface area (Å²) in [5.41, 5.74) is 1.76. The maximum atomic E-state index is 12.8. The van der Waals surface area contributed by atoms with E-state index in [-0.39, 0.29) is 16.6 Å². The highest BCUT2D eigenvalue weighted by molar-refractivity contribution is 6.30. The Morgan fingerprint density at radius 2 is 1.79 bits per heavy atom. The van der Waals surface area contributed by atoms with Crippen LogP contribution in [0.15, 0.2) is 35.9 Å². The second-order valence-electron chi connectivity index (χ2n) is 11.9. The Kier molecular flexibility index (Phi) is 6.08. The zero-order valence-electron chi connectivity index (χ0n) is 21.0. The minimum atomic E-state index is -1.12. The third-order valence-electron chi connectivity index (χ3n) is 10.6. The average molecular weight is 487 g/mol. The van der Waals surface area contributed by atoms with Crippen LogP contribution in [0, 0.1) is 28.6 Å². The molecule has 0 heterocycles. The molecule has 5 rings (SSSR count). The van der Waals surface area contributed by atoms with Crippen LogP contribution < -0.4 is 0 Å². The number of ether oxygens (including phenoxy) is 2. The minimum absolute atomic E-state index is 0.0897. The summed E-state index contributed by atoms with van der Waals surface area (Å²) < 4.78 is 12.1. The Labute approximate surface area is 209 Å². The molecule has 7 unspecified atom stereocenters. The SMILES string of the molecule is COC1(C(C)=O)CCC2C3CC=C4CC(O)(OCc5ccc(Cl)cc5)CCC4(C)C3CCC21C. The van der Waals surface area contributed by atoms with Gasteiger partial charge < -0.3 is 14.6 Å².